The number of nitrogens with one attached hydrogen (secondary N) is 1. The van der Waals surface area contributed by atoms with E-state index >= 15 is 0 Å². The van der Waals surface area contributed by atoms with E-state index in [9.17, 15) is 0 Å². The van der Waals surface area contributed by atoms with E-state index in [1.165, 1.54) is 51.6 Å². The minimum absolute atomic E-state index is 0.719. The van der Waals surface area contributed by atoms with E-state index in [0.717, 1.165) is 35.9 Å². The lowest BCUT2D eigenvalue weighted by Gasteiger charge is -2.46. The van der Waals surface area contributed by atoms with Crippen molar-refractivity contribution in [2.45, 2.75) is 91.3 Å². The summed E-state index contributed by atoms with van der Waals surface area (Å²) in [6.45, 7) is 14.5. The fourth-order valence-corrected chi connectivity index (χ4v) is 4.32. The Morgan fingerprint density at radius 2 is 1.86 bits per heavy atom. The molecule has 0 aromatic rings. The lowest BCUT2D eigenvalue weighted by Crippen LogP contribution is -2.57. The SMILES string of the molecule is CCCNC1CC(C)CC(C)C1N(CCC(C)C)C1CC1. The van der Waals surface area contributed by atoms with Gasteiger partial charge in [-0.25, -0.2) is 0 Å². The Kier molecular flexibility index (Phi) is 6.55. The van der Waals surface area contributed by atoms with Crippen LogP contribution >= 0.6 is 0 Å². The van der Waals surface area contributed by atoms with E-state index in [-0.39, 0.29) is 0 Å². The summed E-state index contributed by atoms with van der Waals surface area (Å²) in [7, 11) is 0. The zero-order chi connectivity index (χ0) is 15.4. The zero-order valence-electron chi connectivity index (χ0n) is 15.1. The van der Waals surface area contributed by atoms with Crippen molar-refractivity contribution in [3.8, 4) is 0 Å². The van der Waals surface area contributed by atoms with Crippen molar-refractivity contribution in [3.05, 3.63) is 0 Å². The van der Waals surface area contributed by atoms with Crippen LogP contribution in [-0.4, -0.2) is 36.1 Å². The van der Waals surface area contributed by atoms with Crippen molar-refractivity contribution < 1.29 is 0 Å². The molecule has 2 heteroatoms. The molecule has 4 unspecified atom stereocenters. The van der Waals surface area contributed by atoms with Crippen LogP contribution in [0.3, 0.4) is 0 Å². The number of rotatable bonds is 8. The molecule has 2 saturated carbocycles. The number of nitrogens with zero attached hydrogens (tertiary/aromatic N) is 1. The van der Waals surface area contributed by atoms with Gasteiger partial charge in [0.2, 0.25) is 0 Å². The highest BCUT2D eigenvalue weighted by Gasteiger charge is 2.42. The molecule has 1 N–H and O–H groups in total. The number of hydrogen-bond acceptors (Lipinski definition) is 2. The van der Waals surface area contributed by atoms with Crippen LogP contribution in [0, 0.1) is 17.8 Å². The molecule has 2 rings (SSSR count). The van der Waals surface area contributed by atoms with Gasteiger partial charge in [0, 0.05) is 18.1 Å². The lowest BCUT2D eigenvalue weighted by molar-refractivity contribution is 0.0518. The Morgan fingerprint density at radius 3 is 2.43 bits per heavy atom. The molecule has 0 aromatic carbocycles. The first-order chi connectivity index (χ1) is 10.0. The van der Waals surface area contributed by atoms with E-state index in [4.69, 9.17) is 0 Å². The van der Waals surface area contributed by atoms with Gasteiger partial charge in [-0.3, -0.25) is 4.90 Å². The molecule has 2 fully saturated rings. The van der Waals surface area contributed by atoms with Crippen LogP contribution < -0.4 is 5.32 Å². The first-order valence-electron chi connectivity index (χ1n) is 9.52. The van der Waals surface area contributed by atoms with Crippen LogP contribution in [0.2, 0.25) is 0 Å². The molecule has 0 aromatic heterocycles. The van der Waals surface area contributed by atoms with Crippen molar-refractivity contribution in [3.63, 3.8) is 0 Å². The second-order valence-corrected chi connectivity index (χ2v) is 8.26. The molecule has 21 heavy (non-hydrogen) atoms. The maximum atomic E-state index is 3.89. The minimum Gasteiger partial charge on any atom is -0.312 e. The second-order valence-electron chi connectivity index (χ2n) is 8.26. The topological polar surface area (TPSA) is 15.3 Å². The van der Waals surface area contributed by atoms with Gasteiger partial charge in [-0.1, -0.05) is 34.6 Å². The summed E-state index contributed by atoms with van der Waals surface area (Å²) in [4.78, 5) is 2.91. The van der Waals surface area contributed by atoms with Gasteiger partial charge in [-0.15, -0.1) is 0 Å². The van der Waals surface area contributed by atoms with Crippen LogP contribution in [0.1, 0.15) is 73.1 Å². The van der Waals surface area contributed by atoms with Gasteiger partial charge >= 0.3 is 0 Å². The predicted octanol–water partition coefficient (Wildman–Crippen LogP) is 4.30. The summed E-state index contributed by atoms with van der Waals surface area (Å²) in [6, 6.07) is 2.39. The van der Waals surface area contributed by atoms with E-state index < -0.39 is 0 Å². The smallest absolute Gasteiger partial charge is 0.0278 e. The van der Waals surface area contributed by atoms with Gasteiger partial charge in [0.05, 0.1) is 0 Å². The highest BCUT2D eigenvalue weighted by molar-refractivity contribution is 4.99. The fourth-order valence-electron chi connectivity index (χ4n) is 4.32. The second kappa shape index (κ2) is 7.97. The minimum atomic E-state index is 0.719. The lowest BCUT2D eigenvalue weighted by atomic mass is 9.75. The molecule has 2 aliphatic rings. The first-order valence-corrected chi connectivity index (χ1v) is 9.52. The molecule has 0 amide bonds. The summed E-state index contributed by atoms with van der Waals surface area (Å²) >= 11 is 0. The predicted molar refractivity (Wildman–Crippen MR) is 92.6 cm³/mol. The monoisotopic (exact) mass is 294 g/mol. The summed E-state index contributed by atoms with van der Waals surface area (Å²) in [6.07, 6.45) is 8.28. The van der Waals surface area contributed by atoms with Gasteiger partial charge < -0.3 is 5.32 Å². The number of hydrogen-bond donors (Lipinski definition) is 1. The maximum Gasteiger partial charge on any atom is 0.0278 e. The van der Waals surface area contributed by atoms with Crippen molar-refractivity contribution in [2.24, 2.45) is 17.8 Å². The molecule has 2 aliphatic carbocycles. The summed E-state index contributed by atoms with van der Waals surface area (Å²) in [5, 5.41) is 3.89. The zero-order valence-corrected chi connectivity index (χ0v) is 15.1. The van der Waals surface area contributed by atoms with E-state index in [2.05, 4.69) is 44.8 Å². The van der Waals surface area contributed by atoms with E-state index in [1.807, 2.05) is 0 Å². The summed E-state index contributed by atoms with van der Waals surface area (Å²) < 4.78 is 0. The standard InChI is InChI=1S/C19H38N2/c1-6-10-20-18-13-15(4)12-16(5)19(18)21(17-7-8-17)11-9-14(2)3/h14-20H,6-13H2,1-5H3. The summed E-state index contributed by atoms with van der Waals surface area (Å²) in [5.41, 5.74) is 0. The summed E-state index contributed by atoms with van der Waals surface area (Å²) in [5.74, 6) is 2.55. The third-order valence-electron chi connectivity index (χ3n) is 5.45. The normalized spacial score (nSPS) is 33.9. The van der Waals surface area contributed by atoms with Gasteiger partial charge in [-0.05, 0) is 69.4 Å². The Morgan fingerprint density at radius 1 is 1.14 bits per heavy atom. The average Bonchev–Trinajstić information content (AvgIpc) is 3.22. The Balaban J connectivity index is 2.05. The van der Waals surface area contributed by atoms with Crippen LogP contribution in [0.5, 0.6) is 0 Å². The van der Waals surface area contributed by atoms with Crippen LogP contribution in [-0.2, 0) is 0 Å². The van der Waals surface area contributed by atoms with Gasteiger partial charge in [0.1, 0.15) is 0 Å². The largest absolute Gasteiger partial charge is 0.312 e. The van der Waals surface area contributed by atoms with Crippen LogP contribution in [0.25, 0.3) is 0 Å². The van der Waals surface area contributed by atoms with Crippen molar-refractivity contribution in [1.29, 1.82) is 0 Å². The molecule has 0 bridgehead atoms. The highest BCUT2D eigenvalue weighted by Crippen LogP contribution is 2.38. The molecule has 4 atom stereocenters. The van der Waals surface area contributed by atoms with Gasteiger partial charge in [0.25, 0.3) is 0 Å². The average molecular weight is 295 g/mol. The van der Waals surface area contributed by atoms with Crippen LogP contribution in [0.15, 0.2) is 0 Å². The van der Waals surface area contributed by atoms with Crippen molar-refractivity contribution >= 4 is 0 Å². The molecule has 0 saturated heterocycles. The highest BCUT2D eigenvalue weighted by atomic mass is 15.2. The fraction of sp³-hybridized carbons (Fsp3) is 1.00. The van der Waals surface area contributed by atoms with Crippen molar-refractivity contribution in [1.82, 2.24) is 10.2 Å². The molecule has 0 heterocycles. The van der Waals surface area contributed by atoms with E-state index in [1.54, 1.807) is 0 Å². The maximum absolute atomic E-state index is 3.89. The third-order valence-corrected chi connectivity index (χ3v) is 5.45. The van der Waals surface area contributed by atoms with Gasteiger partial charge in [0.15, 0.2) is 0 Å². The Bertz CT molecular complexity index is 298. The Labute approximate surface area is 133 Å². The molecular weight excluding hydrogens is 256 g/mol. The first kappa shape index (κ1) is 17.3. The molecule has 0 spiro atoms. The Hall–Kier alpha value is -0.0800. The molecule has 124 valence electrons. The quantitative estimate of drug-likeness (QED) is 0.718. The van der Waals surface area contributed by atoms with Gasteiger partial charge in [-0.2, -0.15) is 0 Å². The molecule has 0 radical (unpaired) electrons. The van der Waals surface area contributed by atoms with Crippen molar-refractivity contribution in [2.75, 3.05) is 13.1 Å². The van der Waals surface area contributed by atoms with E-state index in [0.29, 0.717) is 0 Å². The molecular formula is C19H38N2. The van der Waals surface area contributed by atoms with Crippen LogP contribution in [0.4, 0.5) is 0 Å². The molecule has 2 nitrogen and oxygen atoms in total. The third kappa shape index (κ3) is 4.96. The molecule has 0 aliphatic heterocycles.